The van der Waals surface area contributed by atoms with E-state index < -0.39 is 0 Å². The number of hydrogen-bond donors (Lipinski definition) is 1. The average molecular weight is 232 g/mol. The van der Waals surface area contributed by atoms with Gasteiger partial charge in [0.25, 0.3) is 0 Å². The second-order valence-corrected chi connectivity index (χ2v) is 3.76. The lowest BCUT2D eigenvalue weighted by Crippen LogP contribution is -1.98. The van der Waals surface area contributed by atoms with Crippen molar-refractivity contribution in [3.05, 3.63) is 41.6 Å². The van der Waals surface area contributed by atoms with E-state index in [9.17, 15) is 0 Å². The summed E-state index contributed by atoms with van der Waals surface area (Å²) in [5.41, 5.74) is 7.52. The molecule has 0 aliphatic heterocycles. The van der Waals surface area contributed by atoms with Crippen molar-refractivity contribution in [2.45, 2.75) is 19.8 Å². The molecule has 1 aromatic heterocycles. The Kier molecular flexibility index (Phi) is 3.65. The van der Waals surface area contributed by atoms with Crippen LogP contribution in [0.2, 0.25) is 0 Å². The fraction of sp³-hybridized carbons (Fsp3) is 0.308. The molecule has 17 heavy (non-hydrogen) atoms. The van der Waals surface area contributed by atoms with Crippen LogP contribution in [0.3, 0.4) is 0 Å². The van der Waals surface area contributed by atoms with E-state index in [2.05, 4.69) is 11.2 Å². The second kappa shape index (κ2) is 5.39. The maximum absolute atomic E-state index is 5.56. The molecule has 2 rings (SSSR count). The molecule has 90 valence electrons. The van der Waals surface area contributed by atoms with Gasteiger partial charge in [-0.2, -0.15) is 0 Å². The molecule has 0 atom stereocenters. The first-order valence-electron chi connectivity index (χ1n) is 5.71. The second-order valence-electron chi connectivity index (χ2n) is 3.76. The number of nitrogens with zero attached hydrogens (tertiary/aromatic N) is 1. The van der Waals surface area contributed by atoms with Gasteiger partial charge in [-0.1, -0.05) is 23.4 Å². The van der Waals surface area contributed by atoms with Gasteiger partial charge in [-0.3, -0.25) is 0 Å². The van der Waals surface area contributed by atoms with E-state index in [0.29, 0.717) is 12.5 Å². The molecule has 0 fully saturated rings. The number of para-hydroxylation sites is 1. The van der Waals surface area contributed by atoms with Crippen LogP contribution < -0.4 is 10.5 Å². The Bertz CT molecular complexity index is 480. The van der Waals surface area contributed by atoms with Crippen molar-refractivity contribution < 1.29 is 9.26 Å². The normalized spacial score (nSPS) is 10.4. The van der Waals surface area contributed by atoms with Gasteiger partial charge >= 0.3 is 0 Å². The minimum Gasteiger partial charge on any atom is -0.494 e. The number of anilines is 1. The van der Waals surface area contributed by atoms with Crippen molar-refractivity contribution in [2.24, 2.45) is 0 Å². The quantitative estimate of drug-likeness (QED) is 0.860. The molecule has 0 bridgehead atoms. The summed E-state index contributed by atoms with van der Waals surface area (Å²) >= 11 is 0. The maximum atomic E-state index is 5.56. The predicted molar refractivity (Wildman–Crippen MR) is 65.9 cm³/mol. The lowest BCUT2D eigenvalue weighted by Gasteiger charge is -2.08. The van der Waals surface area contributed by atoms with Gasteiger partial charge in [0.15, 0.2) is 0 Å². The minimum absolute atomic E-state index is 0.359. The van der Waals surface area contributed by atoms with Crippen LogP contribution in [0.1, 0.15) is 18.2 Å². The van der Waals surface area contributed by atoms with Gasteiger partial charge in [-0.25, -0.2) is 0 Å². The van der Waals surface area contributed by atoms with Gasteiger partial charge in [-0.05, 0) is 31.4 Å². The van der Waals surface area contributed by atoms with Gasteiger partial charge in [0.2, 0.25) is 5.88 Å². The zero-order valence-corrected chi connectivity index (χ0v) is 9.85. The summed E-state index contributed by atoms with van der Waals surface area (Å²) in [5, 5.41) is 3.87. The van der Waals surface area contributed by atoms with Crippen molar-refractivity contribution in [2.75, 3.05) is 12.3 Å². The first-order chi connectivity index (χ1) is 8.29. The Labute approximate surface area is 100 Å². The molecule has 0 radical (unpaired) electrons. The van der Waals surface area contributed by atoms with Gasteiger partial charge in [0, 0.05) is 6.07 Å². The van der Waals surface area contributed by atoms with E-state index in [0.717, 1.165) is 24.3 Å². The highest BCUT2D eigenvalue weighted by atomic mass is 16.5. The number of ether oxygens (including phenoxy) is 1. The predicted octanol–water partition coefficient (Wildman–Crippen LogP) is 2.44. The van der Waals surface area contributed by atoms with Gasteiger partial charge in [-0.15, -0.1) is 0 Å². The summed E-state index contributed by atoms with van der Waals surface area (Å²) in [6.07, 6.45) is 1.66. The fourth-order valence-electron chi connectivity index (χ4n) is 1.72. The Hall–Kier alpha value is -1.97. The van der Waals surface area contributed by atoms with E-state index in [1.165, 1.54) is 5.56 Å². The molecule has 0 amide bonds. The minimum atomic E-state index is 0.359. The van der Waals surface area contributed by atoms with Crippen LogP contribution in [0.5, 0.6) is 5.75 Å². The van der Waals surface area contributed by atoms with Crippen LogP contribution in [0, 0.1) is 0 Å². The lowest BCUT2D eigenvalue weighted by atomic mass is 10.1. The molecule has 1 heterocycles. The standard InChI is InChI=1S/C13H16N2O2/c1-2-16-12-6-4-3-5-10(12)7-8-11-9-13(14)17-15-11/h3-6,9H,2,7-8,14H2,1H3. The number of aryl methyl sites for hydroxylation is 2. The molecule has 0 unspecified atom stereocenters. The smallest absolute Gasteiger partial charge is 0.222 e. The third-order valence-corrected chi connectivity index (χ3v) is 2.50. The highest BCUT2D eigenvalue weighted by Gasteiger charge is 2.05. The highest BCUT2D eigenvalue weighted by Crippen LogP contribution is 2.20. The molecule has 0 saturated carbocycles. The molecule has 4 heteroatoms. The van der Waals surface area contributed by atoms with Crippen LogP contribution in [-0.4, -0.2) is 11.8 Å². The molecule has 0 aliphatic carbocycles. The Balaban J connectivity index is 2.03. The van der Waals surface area contributed by atoms with Gasteiger partial charge < -0.3 is 15.0 Å². The monoisotopic (exact) mass is 232 g/mol. The Morgan fingerprint density at radius 1 is 1.29 bits per heavy atom. The van der Waals surface area contributed by atoms with E-state index in [-0.39, 0.29) is 0 Å². The summed E-state index contributed by atoms with van der Waals surface area (Å²) in [5.74, 6) is 1.30. The van der Waals surface area contributed by atoms with Gasteiger partial charge in [0.1, 0.15) is 5.75 Å². The molecular weight excluding hydrogens is 216 g/mol. The largest absolute Gasteiger partial charge is 0.494 e. The maximum Gasteiger partial charge on any atom is 0.222 e. The van der Waals surface area contributed by atoms with Crippen LogP contribution >= 0.6 is 0 Å². The topological polar surface area (TPSA) is 61.3 Å². The van der Waals surface area contributed by atoms with E-state index in [1.807, 2.05) is 25.1 Å². The van der Waals surface area contributed by atoms with Gasteiger partial charge in [0.05, 0.1) is 12.3 Å². The summed E-state index contributed by atoms with van der Waals surface area (Å²) in [7, 11) is 0. The first-order valence-corrected chi connectivity index (χ1v) is 5.71. The molecular formula is C13H16N2O2. The van der Waals surface area contributed by atoms with E-state index >= 15 is 0 Å². The molecule has 0 aliphatic rings. The zero-order chi connectivity index (χ0) is 12.1. The van der Waals surface area contributed by atoms with Crippen LogP contribution in [-0.2, 0) is 12.8 Å². The van der Waals surface area contributed by atoms with Crippen molar-refractivity contribution in [3.63, 3.8) is 0 Å². The third-order valence-electron chi connectivity index (χ3n) is 2.50. The highest BCUT2D eigenvalue weighted by molar-refractivity contribution is 5.34. The molecule has 1 aromatic carbocycles. The summed E-state index contributed by atoms with van der Waals surface area (Å²) in [6.45, 7) is 2.66. The summed E-state index contributed by atoms with van der Waals surface area (Å²) < 4.78 is 10.4. The zero-order valence-electron chi connectivity index (χ0n) is 9.85. The van der Waals surface area contributed by atoms with Crippen molar-refractivity contribution in [1.82, 2.24) is 5.16 Å². The third kappa shape index (κ3) is 3.00. The molecule has 4 nitrogen and oxygen atoms in total. The molecule has 0 saturated heterocycles. The average Bonchev–Trinajstić information content (AvgIpc) is 2.74. The lowest BCUT2D eigenvalue weighted by molar-refractivity contribution is 0.336. The summed E-state index contributed by atoms with van der Waals surface area (Å²) in [4.78, 5) is 0. The number of nitrogens with two attached hydrogens (primary N) is 1. The van der Waals surface area contributed by atoms with Crippen molar-refractivity contribution >= 4 is 5.88 Å². The van der Waals surface area contributed by atoms with Crippen LogP contribution in [0.25, 0.3) is 0 Å². The number of aromatic nitrogens is 1. The number of rotatable bonds is 5. The Morgan fingerprint density at radius 3 is 2.82 bits per heavy atom. The molecule has 2 aromatic rings. The van der Waals surface area contributed by atoms with Crippen LogP contribution in [0.4, 0.5) is 5.88 Å². The molecule has 0 spiro atoms. The summed E-state index contributed by atoms with van der Waals surface area (Å²) in [6, 6.07) is 9.78. The van der Waals surface area contributed by atoms with Crippen molar-refractivity contribution in [3.8, 4) is 5.75 Å². The number of hydrogen-bond acceptors (Lipinski definition) is 4. The number of nitrogen functional groups attached to an aromatic ring is 1. The first kappa shape index (κ1) is 11.5. The SMILES string of the molecule is CCOc1ccccc1CCc1cc(N)on1. The molecule has 2 N–H and O–H groups in total. The number of benzene rings is 1. The Morgan fingerprint density at radius 2 is 2.12 bits per heavy atom. The van der Waals surface area contributed by atoms with E-state index in [1.54, 1.807) is 6.07 Å². The van der Waals surface area contributed by atoms with Crippen LogP contribution in [0.15, 0.2) is 34.9 Å². The van der Waals surface area contributed by atoms with Crippen molar-refractivity contribution in [1.29, 1.82) is 0 Å². The van der Waals surface area contributed by atoms with E-state index in [4.69, 9.17) is 15.0 Å². The fourth-order valence-corrected chi connectivity index (χ4v) is 1.72.